The summed E-state index contributed by atoms with van der Waals surface area (Å²) in [4.78, 5) is 11.7. The van der Waals surface area contributed by atoms with Crippen molar-refractivity contribution in [2.45, 2.75) is 84.6 Å². The van der Waals surface area contributed by atoms with Crippen LogP contribution in [0.2, 0.25) is 0 Å². The third kappa shape index (κ3) is 4.64. The molecule has 5 heteroatoms. The number of aryl methyl sites for hydroxylation is 1. The number of nitrogens with zero attached hydrogens (tertiary/aromatic N) is 2. The zero-order chi connectivity index (χ0) is 20.5. The van der Waals surface area contributed by atoms with Gasteiger partial charge in [0.15, 0.2) is 0 Å². The normalized spacial score (nSPS) is 22.9. The molecule has 2 aromatic rings. The van der Waals surface area contributed by atoms with E-state index in [1.54, 1.807) is 6.92 Å². The van der Waals surface area contributed by atoms with Gasteiger partial charge in [0.05, 0.1) is 23.4 Å². The molecule has 1 aliphatic rings. The fourth-order valence-corrected chi connectivity index (χ4v) is 4.39. The highest BCUT2D eigenvalue weighted by atomic mass is 16.5. The highest BCUT2D eigenvalue weighted by Gasteiger charge is 2.35. The van der Waals surface area contributed by atoms with Crippen LogP contribution < -0.4 is 5.32 Å². The molecule has 5 nitrogen and oxygen atoms in total. The van der Waals surface area contributed by atoms with Gasteiger partial charge < -0.3 is 10.1 Å². The van der Waals surface area contributed by atoms with E-state index in [9.17, 15) is 4.79 Å². The zero-order valence-corrected chi connectivity index (χ0v) is 18.0. The Morgan fingerprint density at radius 1 is 1.21 bits per heavy atom. The van der Waals surface area contributed by atoms with E-state index < -0.39 is 0 Å². The average Bonchev–Trinajstić information content (AvgIpc) is 2.89. The number of nitrogens with one attached hydrogen (secondary N) is 1. The van der Waals surface area contributed by atoms with Crippen LogP contribution in [0, 0.1) is 13.8 Å². The number of aromatic nitrogens is 2. The molecule has 1 aromatic carbocycles. The van der Waals surface area contributed by atoms with Crippen LogP contribution in [-0.4, -0.2) is 27.8 Å². The highest BCUT2D eigenvalue weighted by molar-refractivity contribution is 5.73. The summed E-state index contributed by atoms with van der Waals surface area (Å²) in [5.41, 5.74) is 4.51. The lowest BCUT2D eigenvalue weighted by atomic mass is 9.90. The van der Waals surface area contributed by atoms with Gasteiger partial charge in [0, 0.05) is 24.2 Å². The Bertz CT molecular complexity index is 820. The Kier molecular flexibility index (Phi) is 5.94. The van der Waals surface area contributed by atoms with Gasteiger partial charge in [0.25, 0.3) is 0 Å². The van der Waals surface area contributed by atoms with E-state index in [2.05, 4.69) is 68.9 Å². The summed E-state index contributed by atoms with van der Waals surface area (Å²) in [5.74, 6) is 0.0166. The van der Waals surface area contributed by atoms with E-state index in [1.165, 1.54) is 11.1 Å². The molecule has 28 heavy (non-hydrogen) atoms. The smallest absolute Gasteiger partial charge is 0.217 e. The van der Waals surface area contributed by atoms with Gasteiger partial charge in [-0.15, -0.1) is 0 Å². The van der Waals surface area contributed by atoms with Crippen molar-refractivity contribution in [2.24, 2.45) is 0 Å². The molecular weight excluding hydrogens is 350 g/mol. The minimum Gasteiger partial charge on any atom is -0.370 e. The quantitative estimate of drug-likeness (QED) is 0.860. The van der Waals surface area contributed by atoms with Gasteiger partial charge in [0.2, 0.25) is 5.91 Å². The zero-order valence-electron chi connectivity index (χ0n) is 18.0. The monoisotopic (exact) mass is 383 g/mol. The van der Waals surface area contributed by atoms with E-state index in [0.717, 1.165) is 30.7 Å². The lowest BCUT2D eigenvalue weighted by Gasteiger charge is -2.36. The Labute approximate surface area is 168 Å². The first-order valence-corrected chi connectivity index (χ1v) is 10.2. The first kappa shape index (κ1) is 20.6. The summed E-state index contributed by atoms with van der Waals surface area (Å²) in [5, 5.41) is 7.93. The molecule has 0 aliphatic carbocycles. The average molecular weight is 384 g/mol. The van der Waals surface area contributed by atoms with Gasteiger partial charge in [-0.05, 0) is 59.4 Å². The van der Waals surface area contributed by atoms with Crippen LogP contribution >= 0.6 is 0 Å². The largest absolute Gasteiger partial charge is 0.370 e. The van der Waals surface area contributed by atoms with Crippen molar-refractivity contribution in [3.8, 4) is 0 Å². The van der Waals surface area contributed by atoms with Gasteiger partial charge in [-0.1, -0.05) is 30.3 Å². The first-order valence-electron chi connectivity index (χ1n) is 10.2. The Hall–Kier alpha value is -2.14. The molecule has 0 unspecified atom stereocenters. The van der Waals surface area contributed by atoms with Crippen LogP contribution in [0.15, 0.2) is 30.3 Å². The molecule has 1 saturated heterocycles. The minimum absolute atomic E-state index is 0.0166. The van der Waals surface area contributed by atoms with E-state index in [0.29, 0.717) is 0 Å². The van der Waals surface area contributed by atoms with Crippen molar-refractivity contribution >= 4 is 5.91 Å². The summed E-state index contributed by atoms with van der Waals surface area (Å²) >= 11 is 0. The third-order valence-electron chi connectivity index (χ3n) is 5.42. The van der Waals surface area contributed by atoms with Gasteiger partial charge in [-0.2, -0.15) is 5.10 Å². The molecule has 0 bridgehead atoms. The second-order valence-electron chi connectivity index (χ2n) is 8.97. The predicted molar refractivity (Wildman–Crippen MR) is 111 cm³/mol. The third-order valence-corrected chi connectivity index (χ3v) is 5.42. The van der Waals surface area contributed by atoms with E-state index in [1.807, 2.05) is 6.07 Å². The molecule has 1 amide bonds. The van der Waals surface area contributed by atoms with Gasteiger partial charge >= 0.3 is 0 Å². The fraction of sp³-hybridized carbons (Fsp3) is 0.565. The Balaban J connectivity index is 1.89. The van der Waals surface area contributed by atoms with Crippen molar-refractivity contribution in [1.29, 1.82) is 0 Å². The van der Waals surface area contributed by atoms with Crippen LogP contribution in [0.5, 0.6) is 0 Å². The topological polar surface area (TPSA) is 56.1 Å². The van der Waals surface area contributed by atoms with Crippen molar-refractivity contribution in [3.63, 3.8) is 0 Å². The van der Waals surface area contributed by atoms with Crippen molar-refractivity contribution in [2.75, 3.05) is 0 Å². The second-order valence-corrected chi connectivity index (χ2v) is 8.97. The SMILES string of the molecule is CC(=O)N[C@@H]1C[C@H](Cc2ccccc2)O[C@H](c2c(C)nn(C(C)(C)C)c2C)C1. The number of rotatable bonds is 4. The maximum absolute atomic E-state index is 11.7. The molecule has 3 rings (SSSR count). The molecule has 0 saturated carbocycles. The standard InChI is InChI=1S/C23H33N3O2/c1-15-22(16(2)26(25-15)23(4,5)6)21-14-19(24-17(3)27)13-20(28-21)12-18-10-8-7-9-11-18/h7-11,19-21H,12-14H2,1-6H3,(H,24,27)/t19-,20+,21+/m1/s1. The van der Waals surface area contributed by atoms with Crippen molar-refractivity contribution < 1.29 is 9.53 Å². The molecule has 1 fully saturated rings. The molecule has 0 radical (unpaired) electrons. The molecule has 3 atom stereocenters. The van der Waals surface area contributed by atoms with Gasteiger partial charge in [-0.25, -0.2) is 0 Å². The molecule has 1 aliphatic heterocycles. The number of hydrogen-bond acceptors (Lipinski definition) is 3. The van der Waals surface area contributed by atoms with Crippen molar-refractivity contribution in [3.05, 3.63) is 52.8 Å². The summed E-state index contributed by atoms with van der Waals surface area (Å²) < 4.78 is 8.66. The van der Waals surface area contributed by atoms with Crippen molar-refractivity contribution in [1.82, 2.24) is 15.1 Å². The molecule has 1 N–H and O–H groups in total. The van der Waals surface area contributed by atoms with Crippen LogP contribution in [0.25, 0.3) is 0 Å². The predicted octanol–water partition coefficient (Wildman–Crippen LogP) is 4.22. The second kappa shape index (κ2) is 8.08. The molecule has 152 valence electrons. The molecular formula is C23H33N3O2. The van der Waals surface area contributed by atoms with Crippen LogP contribution in [0.1, 0.15) is 69.2 Å². The van der Waals surface area contributed by atoms with Gasteiger partial charge in [-0.3, -0.25) is 9.48 Å². The number of amides is 1. The van der Waals surface area contributed by atoms with E-state index >= 15 is 0 Å². The van der Waals surface area contributed by atoms with E-state index in [4.69, 9.17) is 9.84 Å². The van der Waals surface area contributed by atoms with Crippen LogP contribution in [0.3, 0.4) is 0 Å². The maximum atomic E-state index is 11.7. The summed E-state index contributed by atoms with van der Waals surface area (Å²) in [6.45, 7) is 12.3. The number of carbonyl (C=O) groups is 1. The highest BCUT2D eigenvalue weighted by Crippen LogP contribution is 2.37. The first-order chi connectivity index (χ1) is 13.1. The summed E-state index contributed by atoms with van der Waals surface area (Å²) in [6, 6.07) is 10.5. The van der Waals surface area contributed by atoms with E-state index in [-0.39, 0.29) is 29.7 Å². The van der Waals surface area contributed by atoms with Gasteiger partial charge in [0.1, 0.15) is 0 Å². The number of carbonyl (C=O) groups excluding carboxylic acids is 1. The lowest BCUT2D eigenvalue weighted by molar-refractivity contribution is -0.122. The molecule has 0 spiro atoms. The number of ether oxygens (including phenoxy) is 1. The summed E-state index contributed by atoms with van der Waals surface area (Å²) in [7, 11) is 0. The fourth-order valence-electron chi connectivity index (χ4n) is 4.39. The summed E-state index contributed by atoms with van der Waals surface area (Å²) in [6.07, 6.45) is 2.46. The Morgan fingerprint density at radius 2 is 1.89 bits per heavy atom. The minimum atomic E-state index is -0.0811. The Morgan fingerprint density at radius 3 is 2.46 bits per heavy atom. The molecule has 2 heterocycles. The number of hydrogen-bond donors (Lipinski definition) is 1. The van der Waals surface area contributed by atoms with Crippen LogP contribution in [-0.2, 0) is 21.5 Å². The molecule has 1 aromatic heterocycles. The maximum Gasteiger partial charge on any atom is 0.217 e. The van der Waals surface area contributed by atoms with Crippen LogP contribution in [0.4, 0.5) is 0 Å². The number of benzene rings is 1. The lowest BCUT2D eigenvalue weighted by Crippen LogP contribution is -2.43.